The van der Waals surface area contributed by atoms with Crippen LogP contribution in [0.15, 0.2) is 41.8 Å². The molecule has 0 bridgehead atoms. The average Bonchev–Trinajstić information content (AvgIpc) is 3.52. The molecular formula is C25H31F2N5O4S. The standard InChI is InChI=1S/C25H31F2N5O4S/c1-16(20-10-17(13-37-20)23(28)29)31-24(35)19-11-25(27,14-26)15-32(19)22(34)12-30-21(33)8-5-9-36-18-6-3-2-4-7-18/h2-4,6-7,10,13,16,19H,5,8-9,11-12,14-15H2,1H3,(H3,28,29)(H,30,33)(H,31,35)/t16-,19+,25+/m1/s1. The van der Waals surface area contributed by atoms with Crippen LogP contribution < -0.4 is 21.1 Å². The van der Waals surface area contributed by atoms with Crippen molar-refractivity contribution in [2.45, 2.75) is 43.9 Å². The van der Waals surface area contributed by atoms with Crippen LogP contribution in [0.4, 0.5) is 8.78 Å². The molecule has 2 aromatic rings. The molecule has 5 N–H and O–H groups in total. The summed E-state index contributed by atoms with van der Waals surface area (Å²) in [5.41, 5.74) is 3.65. The lowest BCUT2D eigenvalue weighted by Gasteiger charge is -2.25. The van der Waals surface area contributed by atoms with E-state index in [4.69, 9.17) is 15.9 Å². The Morgan fingerprint density at radius 3 is 2.70 bits per heavy atom. The van der Waals surface area contributed by atoms with Crippen molar-refractivity contribution in [3.63, 3.8) is 0 Å². The zero-order chi connectivity index (χ0) is 27.0. The topological polar surface area (TPSA) is 138 Å². The highest BCUT2D eigenvalue weighted by Crippen LogP contribution is 2.32. The number of nitrogens with two attached hydrogens (primary N) is 1. The monoisotopic (exact) mass is 535 g/mol. The van der Waals surface area contributed by atoms with Crippen LogP contribution in [0.3, 0.4) is 0 Å². The SMILES string of the molecule is C[C@@H](NC(=O)[C@@H]1C[C@](F)(CF)CN1C(=O)CNC(=O)CCCOc1ccccc1)c1cc(C(=N)N)cs1. The summed E-state index contributed by atoms with van der Waals surface area (Å²) >= 11 is 1.29. The molecule has 1 fully saturated rings. The van der Waals surface area contributed by atoms with Gasteiger partial charge in [0, 0.05) is 28.7 Å². The van der Waals surface area contributed by atoms with Crippen molar-refractivity contribution in [1.82, 2.24) is 15.5 Å². The van der Waals surface area contributed by atoms with Crippen LogP contribution in [0.1, 0.15) is 42.7 Å². The smallest absolute Gasteiger partial charge is 0.243 e. The Labute approximate surface area is 217 Å². The first-order valence-electron chi connectivity index (χ1n) is 11.8. The van der Waals surface area contributed by atoms with Crippen LogP contribution >= 0.6 is 11.3 Å². The van der Waals surface area contributed by atoms with Gasteiger partial charge in [0.1, 0.15) is 24.3 Å². The van der Waals surface area contributed by atoms with Crippen molar-refractivity contribution in [1.29, 1.82) is 5.41 Å². The molecule has 1 aliphatic rings. The number of alkyl halides is 2. The van der Waals surface area contributed by atoms with Gasteiger partial charge in [-0.1, -0.05) is 18.2 Å². The average molecular weight is 536 g/mol. The fraction of sp³-hybridized carbons (Fsp3) is 0.440. The number of hydrogen-bond donors (Lipinski definition) is 4. The maximum Gasteiger partial charge on any atom is 0.243 e. The molecule has 0 saturated carbocycles. The van der Waals surface area contributed by atoms with Gasteiger partial charge in [-0.25, -0.2) is 8.78 Å². The van der Waals surface area contributed by atoms with E-state index in [-0.39, 0.29) is 12.3 Å². The summed E-state index contributed by atoms with van der Waals surface area (Å²) in [5, 5.41) is 14.4. The van der Waals surface area contributed by atoms with Crippen LogP contribution in [-0.2, 0) is 14.4 Å². The number of hydrogen-bond acceptors (Lipinski definition) is 6. The Hall–Kier alpha value is -3.54. The van der Waals surface area contributed by atoms with E-state index in [1.54, 1.807) is 30.5 Å². The van der Waals surface area contributed by atoms with Gasteiger partial charge in [-0.3, -0.25) is 19.8 Å². The molecule has 3 atom stereocenters. The third-order valence-electron chi connectivity index (χ3n) is 5.96. The molecule has 12 heteroatoms. The fourth-order valence-electron chi connectivity index (χ4n) is 3.94. The molecule has 1 aliphatic heterocycles. The predicted molar refractivity (Wildman–Crippen MR) is 136 cm³/mol. The van der Waals surface area contributed by atoms with E-state index < -0.39 is 61.7 Å². The molecule has 1 saturated heterocycles. The quantitative estimate of drug-likeness (QED) is 0.188. The maximum absolute atomic E-state index is 14.9. The maximum atomic E-state index is 14.9. The van der Waals surface area contributed by atoms with Crippen molar-refractivity contribution >= 4 is 34.9 Å². The molecule has 0 radical (unpaired) electrons. The number of carbonyl (C=O) groups excluding carboxylic acids is 3. The Morgan fingerprint density at radius 2 is 2.05 bits per heavy atom. The van der Waals surface area contributed by atoms with Crippen molar-refractivity contribution in [2.24, 2.45) is 5.73 Å². The van der Waals surface area contributed by atoms with Crippen molar-refractivity contribution in [3.05, 3.63) is 52.2 Å². The van der Waals surface area contributed by atoms with E-state index in [0.29, 0.717) is 24.3 Å². The number of nitrogens with zero attached hydrogens (tertiary/aromatic N) is 1. The summed E-state index contributed by atoms with van der Waals surface area (Å²) in [7, 11) is 0. The number of likely N-dealkylation sites (tertiary alicyclic amines) is 1. The van der Waals surface area contributed by atoms with Crippen molar-refractivity contribution in [2.75, 3.05) is 26.4 Å². The lowest BCUT2D eigenvalue weighted by molar-refractivity contribution is -0.139. The highest BCUT2D eigenvalue weighted by molar-refractivity contribution is 7.10. The number of ether oxygens (including phenoxy) is 1. The molecule has 0 spiro atoms. The van der Waals surface area contributed by atoms with Gasteiger partial charge >= 0.3 is 0 Å². The summed E-state index contributed by atoms with van der Waals surface area (Å²) < 4.78 is 33.8. The highest BCUT2D eigenvalue weighted by atomic mass is 32.1. The normalized spacial score (nSPS) is 19.8. The van der Waals surface area contributed by atoms with Gasteiger partial charge < -0.3 is 26.0 Å². The number of halogens is 2. The number of thiophene rings is 1. The minimum atomic E-state index is -2.34. The number of rotatable bonds is 12. The minimum Gasteiger partial charge on any atom is -0.494 e. The molecule has 0 aliphatic carbocycles. The molecule has 3 amide bonds. The number of amidine groups is 1. The number of para-hydroxylation sites is 1. The van der Waals surface area contributed by atoms with Gasteiger partial charge in [0.2, 0.25) is 17.7 Å². The third-order valence-corrected chi connectivity index (χ3v) is 7.08. The second-order valence-corrected chi connectivity index (χ2v) is 9.89. The van der Waals surface area contributed by atoms with Gasteiger partial charge in [0.15, 0.2) is 5.67 Å². The van der Waals surface area contributed by atoms with E-state index >= 15 is 0 Å². The Kier molecular flexibility index (Phi) is 9.56. The Balaban J connectivity index is 1.51. The Bertz CT molecular complexity index is 1120. The summed E-state index contributed by atoms with van der Waals surface area (Å²) in [6, 6.07) is 9.07. The van der Waals surface area contributed by atoms with Crippen molar-refractivity contribution in [3.8, 4) is 5.75 Å². The summed E-state index contributed by atoms with van der Waals surface area (Å²) in [5.74, 6) is -1.12. The van der Waals surface area contributed by atoms with Gasteiger partial charge in [-0.2, -0.15) is 0 Å². The molecule has 0 unspecified atom stereocenters. The fourth-order valence-corrected chi connectivity index (χ4v) is 4.85. The zero-order valence-electron chi connectivity index (χ0n) is 20.5. The van der Waals surface area contributed by atoms with Crippen LogP contribution in [0.25, 0.3) is 0 Å². The summed E-state index contributed by atoms with van der Waals surface area (Å²) in [4.78, 5) is 39.6. The van der Waals surface area contributed by atoms with Gasteiger partial charge in [0.05, 0.1) is 25.7 Å². The van der Waals surface area contributed by atoms with E-state index in [0.717, 1.165) is 9.78 Å². The second-order valence-electron chi connectivity index (χ2n) is 8.95. The van der Waals surface area contributed by atoms with E-state index in [1.807, 2.05) is 18.2 Å². The van der Waals surface area contributed by atoms with E-state index in [2.05, 4.69) is 10.6 Å². The molecule has 9 nitrogen and oxygen atoms in total. The molecule has 3 rings (SSSR count). The van der Waals surface area contributed by atoms with E-state index in [9.17, 15) is 23.2 Å². The number of nitrogens with one attached hydrogen (secondary N) is 3. The minimum absolute atomic E-state index is 0.107. The molecule has 37 heavy (non-hydrogen) atoms. The molecule has 1 aromatic carbocycles. The molecule has 2 heterocycles. The van der Waals surface area contributed by atoms with Gasteiger partial charge in [-0.05, 0) is 31.5 Å². The van der Waals surface area contributed by atoms with Crippen molar-refractivity contribution < 1.29 is 27.9 Å². The van der Waals surface area contributed by atoms with Crippen LogP contribution in [0.2, 0.25) is 0 Å². The van der Waals surface area contributed by atoms with Crippen LogP contribution in [0.5, 0.6) is 5.75 Å². The molecule has 1 aromatic heterocycles. The van der Waals surface area contributed by atoms with Crippen LogP contribution in [-0.4, -0.2) is 66.5 Å². The van der Waals surface area contributed by atoms with E-state index in [1.165, 1.54) is 11.3 Å². The lowest BCUT2D eigenvalue weighted by atomic mass is 10.0. The van der Waals surface area contributed by atoms with Gasteiger partial charge in [0.25, 0.3) is 0 Å². The van der Waals surface area contributed by atoms with Crippen LogP contribution in [0, 0.1) is 5.41 Å². The highest BCUT2D eigenvalue weighted by Gasteiger charge is 2.49. The number of carbonyl (C=O) groups is 3. The summed E-state index contributed by atoms with van der Waals surface area (Å²) in [6.45, 7) is -0.335. The zero-order valence-corrected chi connectivity index (χ0v) is 21.3. The molecule has 200 valence electrons. The number of amides is 3. The summed E-state index contributed by atoms with van der Waals surface area (Å²) in [6.07, 6.45) is 0.0505. The third kappa shape index (κ3) is 7.72. The first-order chi connectivity index (χ1) is 17.6. The number of benzene rings is 1. The Morgan fingerprint density at radius 1 is 1.32 bits per heavy atom. The second kappa shape index (κ2) is 12.6. The first kappa shape index (κ1) is 28.0. The number of nitrogen functional groups attached to an aromatic ring is 1. The molecular weight excluding hydrogens is 504 g/mol. The largest absolute Gasteiger partial charge is 0.494 e. The predicted octanol–water partition coefficient (Wildman–Crippen LogP) is 2.46. The first-order valence-corrected chi connectivity index (χ1v) is 12.7. The lowest BCUT2D eigenvalue weighted by Crippen LogP contribution is -2.49. The van der Waals surface area contributed by atoms with Gasteiger partial charge in [-0.15, -0.1) is 11.3 Å².